The van der Waals surface area contributed by atoms with Gasteiger partial charge in [-0.25, -0.2) is 4.98 Å². The molecular formula is C25H16ClN5O4S. The number of fused-ring (bicyclic) bond motifs is 1. The van der Waals surface area contributed by atoms with Crippen LogP contribution in [-0.2, 0) is 0 Å². The molecule has 0 fully saturated rings. The van der Waals surface area contributed by atoms with Crippen molar-refractivity contribution in [2.75, 3.05) is 5.32 Å². The topological polar surface area (TPSA) is 126 Å². The first-order valence-electron chi connectivity index (χ1n) is 10.6. The van der Waals surface area contributed by atoms with Crippen LogP contribution in [0.2, 0.25) is 5.02 Å². The van der Waals surface area contributed by atoms with Crippen molar-refractivity contribution < 1.29 is 14.1 Å². The number of halogens is 1. The smallest absolute Gasteiger partial charge is 0.293 e. The number of nitrogens with one attached hydrogen (secondary N) is 3. The molecule has 1 amide bonds. The summed E-state index contributed by atoms with van der Waals surface area (Å²) in [5, 5.41) is 16.9. The number of nitro groups is 1. The number of para-hydroxylation sites is 2. The van der Waals surface area contributed by atoms with Gasteiger partial charge in [-0.3, -0.25) is 20.2 Å². The van der Waals surface area contributed by atoms with Gasteiger partial charge in [0.25, 0.3) is 11.6 Å². The van der Waals surface area contributed by atoms with Crippen LogP contribution in [0.4, 0.5) is 11.4 Å². The highest BCUT2D eigenvalue weighted by atomic mass is 35.5. The number of anilines is 1. The Bertz CT molecular complexity index is 1610. The van der Waals surface area contributed by atoms with Crippen LogP contribution in [0.25, 0.3) is 33.7 Å². The highest BCUT2D eigenvalue weighted by molar-refractivity contribution is 7.80. The molecule has 2 aromatic heterocycles. The van der Waals surface area contributed by atoms with Gasteiger partial charge in [0.15, 0.2) is 10.9 Å². The van der Waals surface area contributed by atoms with Gasteiger partial charge in [-0.05, 0) is 54.7 Å². The summed E-state index contributed by atoms with van der Waals surface area (Å²) in [4.78, 5) is 31.0. The first-order valence-corrected chi connectivity index (χ1v) is 11.4. The third-order valence-electron chi connectivity index (χ3n) is 5.28. The lowest BCUT2D eigenvalue weighted by Crippen LogP contribution is -2.34. The summed E-state index contributed by atoms with van der Waals surface area (Å²) in [5.41, 5.74) is 3.39. The third-order valence-corrected chi connectivity index (χ3v) is 5.81. The van der Waals surface area contributed by atoms with Crippen LogP contribution in [0.15, 0.2) is 83.3 Å². The molecular weight excluding hydrogens is 502 g/mol. The molecule has 0 unspecified atom stereocenters. The molecule has 0 aliphatic carbocycles. The Balaban J connectivity index is 1.29. The fraction of sp³-hybridized carbons (Fsp3) is 0. The SMILES string of the molecule is O=C(NC(=S)Nc1cc(-c2nc3ccccc3[nH]2)ccc1Cl)c1ccc(-c2cccc([N+](=O)[O-])c2)o1. The second kappa shape index (κ2) is 9.61. The molecule has 3 aromatic carbocycles. The van der Waals surface area contributed by atoms with E-state index < -0.39 is 10.8 Å². The number of imidazole rings is 1. The normalized spacial score (nSPS) is 10.8. The van der Waals surface area contributed by atoms with E-state index in [2.05, 4.69) is 20.6 Å². The largest absolute Gasteiger partial charge is 0.451 e. The number of amides is 1. The predicted octanol–water partition coefficient (Wildman–Crippen LogP) is 6.18. The monoisotopic (exact) mass is 517 g/mol. The minimum absolute atomic E-state index is 0.0111. The highest BCUT2D eigenvalue weighted by Crippen LogP contribution is 2.29. The minimum atomic E-state index is -0.589. The van der Waals surface area contributed by atoms with Gasteiger partial charge in [0.05, 0.1) is 26.7 Å². The number of carbonyl (C=O) groups is 1. The van der Waals surface area contributed by atoms with E-state index in [4.69, 9.17) is 28.2 Å². The molecule has 0 spiro atoms. The summed E-state index contributed by atoms with van der Waals surface area (Å²) in [7, 11) is 0. The zero-order chi connectivity index (χ0) is 25.2. The van der Waals surface area contributed by atoms with Crippen LogP contribution < -0.4 is 10.6 Å². The van der Waals surface area contributed by atoms with Crippen LogP contribution in [0.1, 0.15) is 10.6 Å². The number of furan rings is 1. The molecule has 0 aliphatic rings. The van der Waals surface area contributed by atoms with Gasteiger partial charge in [0, 0.05) is 23.3 Å². The standard InChI is InChI=1S/C25H16ClN5O4S/c26-17-9-8-15(23-27-18-6-1-2-7-19(18)28-23)13-20(17)29-25(36)30-24(32)22-11-10-21(35-22)14-4-3-5-16(12-14)31(33)34/h1-13H,(H,27,28)(H2,29,30,32,36). The predicted molar refractivity (Wildman–Crippen MR) is 141 cm³/mol. The number of non-ortho nitro benzene ring substituents is 1. The Morgan fingerprint density at radius 1 is 1.03 bits per heavy atom. The zero-order valence-corrected chi connectivity index (χ0v) is 19.9. The van der Waals surface area contributed by atoms with Gasteiger partial charge in [-0.2, -0.15) is 0 Å². The summed E-state index contributed by atoms with van der Waals surface area (Å²) < 4.78 is 5.59. The molecule has 0 bridgehead atoms. The van der Waals surface area contributed by atoms with Gasteiger partial charge < -0.3 is 14.7 Å². The number of nitrogens with zero attached hydrogens (tertiary/aromatic N) is 2. The van der Waals surface area contributed by atoms with Gasteiger partial charge in [0.2, 0.25) is 0 Å². The van der Waals surface area contributed by atoms with Crippen LogP contribution in [0.5, 0.6) is 0 Å². The van der Waals surface area contributed by atoms with Crippen LogP contribution in [-0.4, -0.2) is 25.9 Å². The Kier molecular flexibility index (Phi) is 6.19. The first kappa shape index (κ1) is 23.2. The van der Waals surface area contributed by atoms with E-state index in [1.807, 2.05) is 30.3 Å². The molecule has 0 aliphatic heterocycles. The highest BCUT2D eigenvalue weighted by Gasteiger charge is 2.16. The number of aromatic amines is 1. The van der Waals surface area contributed by atoms with E-state index in [1.165, 1.54) is 24.3 Å². The van der Waals surface area contributed by atoms with Crippen molar-refractivity contribution in [1.29, 1.82) is 0 Å². The molecule has 0 saturated heterocycles. The number of rotatable bonds is 5. The van der Waals surface area contributed by atoms with Gasteiger partial charge >= 0.3 is 0 Å². The second-order valence-corrected chi connectivity index (χ2v) is 8.49. The quantitative estimate of drug-likeness (QED) is 0.144. The average molecular weight is 518 g/mol. The van der Waals surface area contributed by atoms with Crippen LogP contribution >= 0.6 is 23.8 Å². The van der Waals surface area contributed by atoms with Crippen molar-refractivity contribution in [1.82, 2.24) is 15.3 Å². The molecule has 11 heteroatoms. The molecule has 3 N–H and O–H groups in total. The molecule has 0 saturated carbocycles. The summed E-state index contributed by atoms with van der Waals surface area (Å²) in [5.74, 6) is 0.371. The van der Waals surface area contributed by atoms with E-state index >= 15 is 0 Å². The number of carbonyl (C=O) groups excluding carboxylic acids is 1. The second-order valence-electron chi connectivity index (χ2n) is 7.68. The number of nitro benzene ring substituents is 1. The van der Waals surface area contributed by atoms with Crippen molar-refractivity contribution in [3.8, 4) is 22.7 Å². The fourth-order valence-electron chi connectivity index (χ4n) is 3.56. The van der Waals surface area contributed by atoms with Gasteiger partial charge in [0.1, 0.15) is 11.6 Å². The van der Waals surface area contributed by atoms with Crippen LogP contribution in [0.3, 0.4) is 0 Å². The number of benzene rings is 3. The van der Waals surface area contributed by atoms with Crippen molar-refractivity contribution >= 4 is 57.2 Å². The molecule has 5 aromatic rings. The lowest BCUT2D eigenvalue weighted by Gasteiger charge is -2.11. The maximum absolute atomic E-state index is 12.6. The Morgan fingerprint density at radius 2 is 1.86 bits per heavy atom. The van der Waals surface area contributed by atoms with Crippen LogP contribution in [0, 0.1) is 10.1 Å². The molecule has 178 valence electrons. The number of hydrogen-bond donors (Lipinski definition) is 3. The molecule has 2 heterocycles. The molecule has 9 nitrogen and oxygen atoms in total. The summed E-state index contributed by atoms with van der Waals surface area (Å²) in [6, 6.07) is 21.9. The van der Waals surface area contributed by atoms with Crippen molar-refractivity contribution in [2.24, 2.45) is 0 Å². The van der Waals surface area contributed by atoms with Crippen molar-refractivity contribution in [3.05, 3.63) is 99.8 Å². The number of thiocarbonyl (C=S) groups is 1. The first-order chi connectivity index (χ1) is 17.4. The lowest BCUT2D eigenvalue weighted by molar-refractivity contribution is -0.384. The number of aromatic nitrogens is 2. The van der Waals surface area contributed by atoms with Gasteiger partial charge in [-0.15, -0.1) is 0 Å². The maximum atomic E-state index is 12.6. The summed E-state index contributed by atoms with van der Waals surface area (Å²) in [6.07, 6.45) is 0. The van der Waals surface area contributed by atoms with E-state index in [9.17, 15) is 14.9 Å². The minimum Gasteiger partial charge on any atom is -0.451 e. The fourth-order valence-corrected chi connectivity index (χ4v) is 3.93. The van der Waals surface area contributed by atoms with Gasteiger partial charge in [-0.1, -0.05) is 35.9 Å². The lowest BCUT2D eigenvalue weighted by atomic mass is 10.1. The van der Waals surface area contributed by atoms with Crippen molar-refractivity contribution in [2.45, 2.75) is 0 Å². The Morgan fingerprint density at radius 3 is 2.67 bits per heavy atom. The summed E-state index contributed by atoms with van der Waals surface area (Å²) in [6.45, 7) is 0. The zero-order valence-electron chi connectivity index (χ0n) is 18.3. The van der Waals surface area contributed by atoms with E-state index in [0.29, 0.717) is 27.9 Å². The molecule has 36 heavy (non-hydrogen) atoms. The van der Waals surface area contributed by atoms with E-state index in [0.717, 1.165) is 16.6 Å². The van der Waals surface area contributed by atoms with E-state index in [-0.39, 0.29) is 16.6 Å². The number of H-pyrrole nitrogens is 1. The summed E-state index contributed by atoms with van der Waals surface area (Å²) >= 11 is 11.6. The number of hydrogen-bond acceptors (Lipinski definition) is 6. The molecule has 0 radical (unpaired) electrons. The Labute approximate surface area is 214 Å². The maximum Gasteiger partial charge on any atom is 0.293 e. The Hall–Kier alpha value is -4.54. The molecule has 5 rings (SSSR count). The average Bonchev–Trinajstić information content (AvgIpc) is 3.53. The molecule has 0 atom stereocenters. The van der Waals surface area contributed by atoms with Crippen molar-refractivity contribution in [3.63, 3.8) is 0 Å². The van der Waals surface area contributed by atoms with E-state index in [1.54, 1.807) is 24.3 Å². The third kappa shape index (κ3) is 4.81.